The van der Waals surface area contributed by atoms with Crippen LogP contribution >= 0.6 is 11.6 Å². The summed E-state index contributed by atoms with van der Waals surface area (Å²) in [7, 11) is 0. The Bertz CT molecular complexity index is 579. The van der Waals surface area contributed by atoms with E-state index in [1.165, 1.54) is 0 Å². The van der Waals surface area contributed by atoms with Crippen molar-refractivity contribution < 1.29 is 9.84 Å². The number of rotatable bonds is 8. The van der Waals surface area contributed by atoms with Crippen molar-refractivity contribution in [2.75, 3.05) is 19.6 Å². The van der Waals surface area contributed by atoms with Crippen molar-refractivity contribution in [2.24, 2.45) is 0 Å². The Morgan fingerprint density at radius 1 is 0.957 bits per heavy atom. The molecule has 1 unspecified atom stereocenters. The Balaban J connectivity index is 1.92. The maximum Gasteiger partial charge on any atom is 0.127 e. The molecule has 1 N–H and O–H groups in total. The highest BCUT2D eigenvalue weighted by molar-refractivity contribution is 6.30. The van der Waals surface area contributed by atoms with Gasteiger partial charge in [0.2, 0.25) is 0 Å². The molecule has 2 aromatic carbocycles. The van der Waals surface area contributed by atoms with Crippen molar-refractivity contribution >= 4 is 11.6 Å². The van der Waals surface area contributed by atoms with Crippen molar-refractivity contribution in [3.63, 3.8) is 0 Å². The van der Waals surface area contributed by atoms with Crippen LogP contribution in [-0.2, 0) is 0 Å². The number of aliphatic hydroxyl groups excluding tert-OH is 1. The zero-order valence-corrected chi connectivity index (χ0v) is 14.5. The molecule has 23 heavy (non-hydrogen) atoms. The lowest BCUT2D eigenvalue weighted by molar-refractivity contribution is 0.145. The third-order valence-corrected chi connectivity index (χ3v) is 4.18. The first-order chi connectivity index (χ1) is 11.1. The fourth-order valence-corrected chi connectivity index (χ4v) is 2.53. The number of hydrogen-bond donors (Lipinski definition) is 1. The molecule has 0 saturated heterocycles. The zero-order valence-electron chi connectivity index (χ0n) is 13.7. The van der Waals surface area contributed by atoms with Crippen LogP contribution in [0.2, 0.25) is 5.02 Å². The van der Waals surface area contributed by atoms with Gasteiger partial charge in [-0.1, -0.05) is 37.6 Å². The fourth-order valence-electron chi connectivity index (χ4n) is 2.41. The van der Waals surface area contributed by atoms with Crippen LogP contribution in [0.1, 0.15) is 31.9 Å². The molecular weight excluding hydrogens is 310 g/mol. The van der Waals surface area contributed by atoms with Gasteiger partial charge in [-0.3, -0.25) is 0 Å². The molecule has 1 atom stereocenters. The molecule has 0 aromatic heterocycles. The lowest BCUT2D eigenvalue weighted by atomic mass is 10.1. The lowest BCUT2D eigenvalue weighted by Gasteiger charge is -2.20. The van der Waals surface area contributed by atoms with Crippen LogP contribution in [0.3, 0.4) is 0 Å². The number of benzene rings is 2. The van der Waals surface area contributed by atoms with Crippen LogP contribution in [0.15, 0.2) is 48.5 Å². The average Bonchev–Trinajstić information content (AvgIpc) is 2.58. The summed E-state index contributed by atoms with van der Waals surface area (Å²) in [5.41, 5.74) is 0.917. The Morgan fingerprint density at radius 2 is 1.48 bits per heavy atom. The van der Waals surface area contributed by atoms with Gasteiger partial charge in [0.15, 0.2) is 0 Å². The van der Waals surface area contributed by atoms with E-state index in [1.54, 1.807) is 12.1 Å². The summed E-state index contributed by atoms with van der Waals surface area (Å²) >= 11 is 5.86. The number of hydrogen-bond acceptors (Lipinski definition) is 3. The van der Waals surface area contributed by atoms with Crippen molar-refractivity contribution in [3.05, 3.63) is 59.1 Å². The van der Waals surface area contributed by atoms with Gasteiger partial charge in [-0.2, -0.15) is 0 Å². The average molecular weight is 334 g/mol. The quantitative estimate of drug-likeness (QED) is 0.746. The minimum absolute atomic E-state index is 0.444. The van der Waals surface area contributed by atoms with Gasteiger partial charge in [0.05, 0.1) is 6.10 Å². The third-order valence-electron chi connectivity index (χ3n) is 3.93. The van der Waals surface area contributed by atoms with Gasteiger partial charge >= 0.3 is 0 Å². The summed E-state index contributed by atoms with van der Waals surface area (Å²) in [4.78, 5) is 2.31. The molecule has 0 bridgehead atoms. The van der Waals surface area contributed by atoms with Gasteiger partial charge < -0.3 is 14.7 Å². The predicted octanol–water partition coefficient (Wildman–Crippen LogP) is 4.90. The summed E-state index contributed by atoms with van der Waals surface area (Å²) in [6.45, 7) is 7.20. The van der Waals surface area contributed by atoms with Crippen LogP contribution in [0, 0.1) is 0 Å². The molecule has 3 nitrogen and oxygen atoms in total. The van der Waals surface area contributed by atoms with E-state index in [1.807, 2.05) is 36.4 Å². The summed E-state index contributed by atoms with van der Waals surface area (Å²) in [5.74, 6) is 1.48. The van der Waals surface area contributed by atoms with Crippen LogP contribution in [0.4, 0.5) is 0 Å². The Labute approximate surface area is 143 Å². The molecule has 0 spiro atoms. The second-order valence-electron chi connectivity index (χ2n) is 5.46. The van der Waals surface area contributed by atoms with E-state index in [0.717, 1.165) is 43.1 Å². The number of halogens is 1. The van der Waals surface area contributed by atoms with Crippen molar-refractivity contribution in [2.45, 2.75) is 26.4 Å². The minimum atomic E-state index is -0.444. The normalized spacial score (nSPS) is 12.4. The van der Waals surface area contributed by atoms with Gasteiger partial charge in [0.25, 0.3) is 0 Å². The van der Waals surface area contributed by atoms with Crippen LogP contribution in [-0.4, -0.2) is 29.6 Å². The van der Waals surface area contributed by atoms with E-state index < -0.39 is 6.10 Å². The highest BCUT2D eigenvalue weighted by Gasteiger charge is 2.10. The van der Waals surface area contributed by atoms with Gasteiger partial charge in [0.1, 0.15) is 11.5 Å². The number of aliphatic hydroxyl groups is 1. The maximum absolute atomic E-state index is 10.3. The van der Waals surface area contributed by atoms with E-state index in [0.29, 0.717) is 5.02 Å². The first-order valence-electron chi connectivity index (χ1n) is 8.06. The van der Waals surface area contributed by atoms with Crippen molar-refractivity contribution in [3.8, 4) is 11.5 Å². The monoisotopic (exact) mass is 333 g/mol. The second kappa shape index (κ2) is 8.92. The van der Waals surface area contributed by atoms with Crippen LogP contribution < -0.4 is 4.74 Å². The van der Waals surface area contributed by atoms with Gasteiger partial charge in [-0.25, -0.2) is 0 Å². The first-order valence-corrected chi connectivity index (χ1v) is 8.44. The van der Waals surface area contributed by atoms with Gasteiger partial charge in [-0.15, -0.1) is 0 Å². The molecule has 0 heterocycles. The molecule has 0 aliphatic heterocycles. The topological polar surface area (TPSA) is 32.7 Å². The maximum atomic E-state index is 10.3. The molecular formula is C19H24ClNO2. The molecule has 0 amide bonds. The standard InChI is InChI=1S/C19H24ClNO2/c1-3-21(4-2)14-13-19(22)15-5-9-17(10-6-15)23-18-11-7-16(20)8-12-18/h5-12,19,22H,3-4,13-14H2,1-2H3. The van der Waals surface area contributed by atoms with E-state index in [-0.39, 0.29) is 0 Å². The summed E-state index contributed by atoms with van der Waals surface area (Å²) in [6, 6.07) is 14.8. The molecule has 2 rings (SSSR count). The molecule has 124 valence electrons. The number of nitrogens with zero attached hydrogens (tertiary/aromatic N) is 1. The highest BCUT2D eigenvalue weighted by atomic mass is 35.5. The summed E-state index contributed by atoms with van der Waals surface area (Å²) in [5, 5.41) is 11.0. The smallest absolute Gasteiger partial charge is 0.127 e. The molecule has 4 heteroatoms. The van der Waals surface area contributed by atoms with Crippen molar-refractivity contribution in [1.29, 1.82) is 0 Å². The zero-order chi connectivity index (χ0) is 16.7. The molecule has 0 fully saturated rings. The molecule has 0 aliphatic carbocycles. The fraction of sp³-hybridized carbons (Fsp3) is 0.368. The Kier molecular flexibility index (Phi) is 6.90. The second-order valence-corrected chi connectivity index (χ2v) is 5.89. The SMILES string of the molecule is CCN(CC)CCC(O)c1ccc(Oc2ccc(Cl)cc2)cc1. The van der Waals surface area contributed by atoms with E-state index in [2.05, 4.69) is 18.7 Å². The van der Waals surface area contributed by atoms with Crippen LogP contribution in [0.5, 0.6) is 11.5 Å². The van der Waals surface area contributed by atoms with Crippen molar-refractivity contribution in [1.82, 2.24) is 4.90 Å². The minimum Gasteiger partial charge on any atom is -0.457 e. The number of ether oxygens (including phenoxy) is 1. The highest BCUT2D eigenvalue weighted by Crippen LogP contribution is 2.25. The molecule has 2 aromatic rings. The molecule has 0 radical (unpaired) electrons. The lowest BCUT2D eigenvalue weighted by Crippen LogP contribution is -2.25. The Morgan fingerprint density at radius 3 is 2.00 bits per heavy atom. The Hall–Kier alpha value is -1.55. The largest absolute Gasteiger partial charge is 0.457 e. The summed E-state index contributed by atoms with van der Waals surface area (Å²) < 4.78 is 5.75. The molecule has 0 aliphatic rings. The van der Waals surface area contributed by atoms with E-state index in [4.69, 9.17) is 16.3 Å². The van der Waals surface area contributed by atoms with Crippen LogP contribution in [0.25, 0.3) is 0 Å². The van der Waals surface area contributed by atoms with Gasteiger partial charge in [0, 0.05) is 11.6 Å². The van der Waals surface area contributed by atoms with Gasteiger partial charge in [-0.05, 0) is 61.5 Å². The third kappa shape index (κ3) is 5.54. The molecule has 0 saturated carbocycles. The van der Waals surface area contributed by atoms with E-state index >= 15 is 0 Å². The predicted molar refractivity (Wildman–Crippen MR) is 95.3 cm³/mol. The van der Waals surface area contributed by atoms with E-state index in [9.17, 15) is 5.11 Å². The first kappa shape index (κ1) is 17.8. The summed E-state index contributed by atoms with van der Waals surface area (Å²) in [6.07, 6.45) is 0.291.